The Balaban J connectivity index is 2.11. The van der Waals surface area contributed by atoms with Gasteiger partial charge in [-0.15, -0.1) is 5.10 Å². The Kier molecular flexibility index (Phi) is 5.35. The van der Waals surface area contributed by atoms with Crippen LogP contribution in [-0.4, -0.2) is 45.2 Å². The van der Waals surface area contributed by atoms with E-state index >= 15 is 0 Å². The number of nitrogens with one attached hydrogen (secondary N) is 2. The average molecular weight is 347 g/mol. The minimum atomic E-state index is -0.581. The molecule has 0 aliphatic heterocycles. The molecule has 0 atom stereocenters. The molecule has 9 nitrogen and oxygen atoms in total. The fourth-order valence-corrected chi connectivity index (χ4v) is 2.07. The van der Waals surface area contributed by atoms with Crippen LogP contribution in [0.25, 0.3) is 0 Å². The van der Waals surface area contributed by atoms with Crippen molar-refractivity contribution in [3.05, 3.63) is 34.9 Å². The Morgan fingerprint density at radius 2 is 2.00 bits per heavy atom. The number of methoxy groups -OCH3 is 1. The maximum atomic E-state index is 11.8. The zero-order valence-corrected chi connectivity index (χ0v) is 14.8. The molecule has 2 heterocycles. The molecular weight excluding hydrogens is 326 g/mol. The van der Waals surface area contributed by atoms with Crippen molar-refractivity contribution in [3.8, 4) is 0 Å². The number of pyridine rings is 1. The molecule has 0 aliphatic rings. The maximum absolute atomic E-state index is 11.8. The second-order valence-electron chi connectivity index (χ2n) is 6.36. The highest BCUT2D eigenvalue weighted by atomic mass is 16.6. The van der Waals surface area contributed by atoms with Gasteiger partial charge in [0.2, 0.25) is 0 Å². The summed E-state index contributed by atoms with van der Waals surface area (Å²) in [6, 6.07) is 3.45. The van der Waals surface area contributed by atoms with E-state index in [0.29, 0.717) is 29.2 Å². The Morgan fingerprint density at radius 3 is 2.60 bits per heavy atom. The molecule has 0 fully saturated rings. The predicted octanol–water partition coefficient (Wildman–Crippen LogP) is 2.23. The molecule has 0 spiro atoms. The van der Waals surface area contributed by atoms with Crippen molar-refractivity contribution in [2.24, 2.45) is 0 Å². The summed E-state index contributed by atoms with van der Waals surface area (Å²) in [5, 5.41) is 12.7. The third-order valence-electron chi connectivity index (χ3n) is 3.14. The molecular formula is C16H21N5O4. The Labute approximate surface area is 145 Å². The number of carbonyl (C=O) groups is 2. The lowest BCUT2D eigenvalue weighted by Gasteiger charge is -2.20. The number of carbonyl (C=O) groups excluding carboxylic acids is 2. The molecule has 25 heavy (non-hydrogen) atoms. The van der Waals surface area contributed by atoms with Gasteiger partial charge in [-0.1, -0.05) is 5.21 Å². The number of aryl methyl sites for hydroxylation is 1. The van der Waals surface area contributed by atoms with Crippen LogP contribution in [0.4, 0.5) is 10.5 Å². The molecule has 2 rings (SSSR count). The number of aromatic nitrogens is 4. The zero-order valence-electron chi connectivity index (χ0n) is 14.8. The number of nitrogens with zero attached hydrogens (tertiary/aromatic N) is 3. The van der Waals surface area contributed by atoms with E-state index in [9.17, 15) is 9.59 Å². The van der Waals surface area contributed by atoms with Crippen molar-refractivity contribution in [2.75, 3.05) is 12.4 Å². The standard InChI is InChI=1S/C16H21N5O4/c1-9-11(18-15(23)25-16(2,3)4)7-6-10(17-9)8-12-13(14(22)24-5)20-21-19-12/h6-7H,8H2,1-5H3,(H,18,23)(H,19,20,21). The number of amides is 1. The first-order chi connectivity index (χ1) is 11.7. The molecule has 0 saturated carbocycles. The molecule has 0 unspecified atom stereocenters. The third-order valence-corrected chi connectivity index (χ3v) is 3.14. The minimum Gasteiger partial charge on any atom is -0.464 e. The van der Waals surface area contributed by atoms with E-state index in [4.69, 9.17) is 4.74 Å². The summed E-state index contributed by atoms with van der Waals surface area (Å²) in [6.07, 6.45) is -0.247. The Hall–Kier alpha value is -2.97. The molecule has 134 valence electrons. The van der Waals surface area contributed by atoms with Crippen LogP contribution >= 0.6 is 0 Å². The van der Waals surface area contributed by atoms with Gasteiger partial charge < -0.3 is 9.47 Å². The van der Waals surface area contributed by atoms with E-state index in [1.165, 1.54) is 7.11 Å². The summed E-state index contributed by atoms with van der Waals surface area (Å²) in [5.74, 6) is -0.542. The van der Waals surface area contributed by atoms with Gasteiger partial charge in [-0.05, 0) is 39.8 Å². The van der Waals surface area contributed by atoms with Gasteiger partial charge in [-0.25, -0.2) is 9.59 Å². The zero-order chi connectivity index (χ0) is 18.6. The largest absolute Gasteiger partial charge is 0.464 e. The second-order valence-corrected chi connectivity index (χ2v) is 6.36. The van der Waals surface area contributed by atoms with Crippen LogP contribution in [0.15, 0.2) is 12.1 Å². The van der Waals surface area contributed by atoms with Crippen molar-refractivity contribution in [3.63, 3.8) is 0 Å². The van der Waals surface area contributed by atoms with E-state index in [2.05, 4.69) is 30.4 Å². The van der Waals surface area contributed by atoms with Crippen LogP contribution in [0.3, 0.4) is 0 Å². The molecule has 0 aliphatic carbocycles. The first-order valence-corrected chi connectivity index (χ1v) is 7.64. The van der Waals surface area contributed by atoms with E-state index in [1.807, 2.05) is 0 Å². The number of aromatic amines is 1. The molecule has 1 amide bonds. The van der Waals surface area contributed by atoms with Crippen molar-refractivity contribution in [1.29, 1.82) is 0 Å². The predicted molar refractivity (Wildman–Crippen MR) is 89.4 cm³/mol. The van der Waals surface area contributed by atoms with Gasteiger partial charge in [-0.2, -0.15) is 0 Å². The molecule has 2 aromatic heterocycles. The van der Waals surface area contributed by atoms with Crippen LogP contribution in [-0.2, 0) is 15.9 Å². The topological polar surface area (TPSA) is 119 Å². The van der Waals surface area contributed by atoms with Crippen molar-refractivity contribution in [2.45, 2.75) is 39.7 Å². The number of hydrogen-bond donors (Lipinski definition) is 2. The molecule has 9 heteroatoms. The average Bonchev–Trinajstić information content (AvgIpc) is 2.95. The third kappa shape index (κ3) is 5.00. The molecule has 0 aromatic carbocycles. The highest BCUT2D eigenvalue weighted by Crippen LogP contribution is 2.17. The summed E-state index contributed by atoms with van der Waals surface area (Å²) in [6.45, 7) is 7.13. The number of rotatable bonds is 4. The van der Waals surface area contributed by atoms with Gasteiger partial charge in [0.05, 0.1) is 18.5 Å². The molecule has 0 bridgehead atoms. The highest BCUT2D eigenvalue weighted by molar-refractivity contribution is 5.88. The lowest BCUT2D eigenvalue weighted by atomic mass is 10.1. The highest BCUT2D eigenvalue weighted by Gasteiger charge is 2.19. The van der Waals surface area contributed by atoms with E-state index in [-0.39, 0.29) is 5.69 Å². The molecule has 0 radical (unpaired) electrons. The van der Waals surface area contributed by atoms with Crippen LogP contribution in [0, 0.1) is 6.92 Å². The monoisotopic (exact) mass is 347 g/mol. The fraction of sp³-hybridized carbons (Fsp3) is 0.438. The summed E-state index contributed by atoms with van der Waals surface area (Å²) in [4.78, 5) is 27.9. The maximum Gasteiger partial charge on any atom is 0.412 e. The van der Waals surface area contributed by atoms with Crippen LogP contribution in [0.2, 0.25) is 0 Å². The van der Waals surface area contributed by atoms with Crippen molar-refractivity contribution in [1.82, 2.24) is 20.4 Å². The number of ether oxygens (including phenoxy) is 2. The van der Waals surface area contributed by atoms with Crippen molar-refractivity contribution < 1.29 is 19.1 Å². The number of H-pyrrole nitrogens is 1. The van der Waals surface area contributed by atoms with Crippen LogP contribution in [0.1, 0.15) is 48.3 Å². The van der Waals surface area contributed by atoms with E-state index in [1.54, 1.807) is 39.8 Å². The Morgan fingerprint density at radius 1 is 1.28 bits per heavy atom. The quantitative estimate of drug-likeness (QED) is 0.814. The fourth-order valence-electron chi connectivity index (χ4n) is 2.07. The summed E-state index contributed by atoms with van der Waals surface area (Å²) in [7, 11) is 1.28. The number of anilines is 1. The van der Waals surface area contributed by atoms with Gasteiger partial charge in [0.1, 0.15) is 11.3 Å². The van der Waals surface area contributed by atoms with Gasteiger partial charge in [-0.3, -0.25) is 15.4 Å². The lowest BCUT2D eigenvalue weighted by molar-refractivity contribution is 0.0590. The normalized spacial score (nSPS) is 11.1. The summed E-state index contributed by atoms with van der Waals surface area (Å²) in [5.41, 5.74) is 1.89. The van der Waals surface area contributed by atoms with E-state index < -0.39 is 17.7 Å². The van der Waals surface area contributed by atoms with Gasteiger partial charge in [0.15, 0.2) is 5.69 Å². The smallest absolute Gasteiger partial charge is 0.412 e. The van der Waals surface area contributed by atoms with Crippen LogP contribution in [0.5, 0.6) is 0 Å². The first-order valence-electron chi connectivity index (χ1n) is 7.64. The summed E-state index contributed by atoms with van der Waals surface area (Å²) < 4.78 is 9.88. The SMILES string of the molecule is COC(=O)c1[nH]nnc1Cc1ccc(NC(=O)OC(C)(C)C)c(C)n1. The first kappa shape index (κ1) is 18.4. The van der Waals surface area contributed by atoms with Crippen LogP contribution < -0.4 is 5.32 Å². The summed E-state index contributed by atoms with van der Waals surface area (Å²) >= 11 is 0. The van der Waals surface area contributed by atoms with Gasteiger partial charge >= 0.3 is 12.1 Å². The van der Waals surface area contributed by atoms with Gasteiger partial charge in [0, 0.05) is 12.1 Å². The lowest BCUT2D eigenvalue weighted by Crippen LogP contribution is -2.27. The Bertz CT molecular complexity index is 779. The number of hydrogen-bond acceptors (Lipinski definition) is 7. The number of esters is 1. The molecule has 2 N–H and O–H groups in total. The van der Waals surface area contributed by atoms with Crippen molar-refractivity contribution >= 4 is 17.7 Å². The molecule has 0 saturated heterocycles. The minimum absolute atomic E-state index is 0.193. The molecule has 2 aromatic rings. The van der Waals surface area contributed by atoms with Gasteiger partial charge in [0.25, 0.3) is 0 Å². The van der Waals surface area contributed by atoms with E-state index in [0.717, 1.165) is 0 Å². The second kappa shape index (κ2) is 7.29.